The number of nitrogens with two attached hydrogens (primary N) is 1. The van der Waals surface area contributed by atoms with E-state index in [2.05, 4.69) is 6.07 Å². The SMILES string of the molecule is N#CC1=C(N)Oc2cc(OC(=O)c3ccc(Cl)cc3)ccc2C1c1cccc(OCc2ccc(Cl)cc2)c1. The van der Waals surface area contributed by atoms with Crippen LogP contribution in [0.2, 0.25) is 10.0 Å². The number of nitriles is 1. The topological polar surface area (TPSA) is 94.6 Å². The summed E-state index contributed by atoms with van der Waals surface area (Å²) in [6.07, 6.45) is 0. The standard InChI is InChI=1S/C30H20Cl2N2O4/c31-21-8-4-18(5-9-21)17-36-23-3-1-2-20(14-23)28-25-13-12-24(15-27(25)38-29(34)26(28)16-33)37-30(35)19-6-10-22(32)11-7-19/h1-15,28H,17,34H2. The summed E-state index contributed by atoms with van der Waals surface area (Å²) >= 11 is 11.9. The van der Waals surface area contributed by atoms with Crippen LogP contribution < -0.4 is 19.9 Å². The fraction of sp³-hybridized carbons (Fsp3) is 0.0667. The van der Waals surface area contributed by atoms with Crippen molar-refractivity contribution >= 4 is 29.2 Å². The predicted molar refractivity (Wildman–Crippen MR) is 144 cm³/mol. The Morgan fingerprint density at radius 3 is 2.34 bits per heavy atom. The third-order valence-electron chi connectivity index (χ3n) is 5.99. The van der Waals surface area contributed by atoms with Crippen molar-refractivity contribution in [3.05, 3.63) is 135 Å². The molecule has 0 bridgehead atoms. The molecule has 0 aliphatic carbocycles. The molecule has 1 atom stereocenters. The quantitative estimate of drug-likeness (QED) is 0.208. The molecule has 1 aliphatic rings. The van der Waals surface area contributed by atoms with Crippen LogP contribution in [0.15, 0.2) is 102 Å². The first-order chi connectivity index (χ1) is 18.4. The molecule has 188 valence electrons. The summed E-state index contributed by atoms with van der Waals surface area (Å²) in [6, 6.07) is 28.4. The summed E-state index contributed by atoms with van der Waals surface area (Å²) in [5, 5.41) is 11.1. The van der Waals surface area contributed by atoms with Gasteiger partial charge in [0.2, 0.25) is 5.88 Å². The first-order valence-corrected chi connectivity index (χ1v) is 12.3. The van der Waals surface area contributed by atoms with Gasteiger partial charge in [-0.2, -0.15) is 5.26 Å². The number of allylic oxidation sites excluding steroid dienone is 1. The first kappa shape index (κ1) is 25.2. The lowest BCUT2D eigenvalue weighted by Crippen LogP contribution is -2.21. The van der Waals surface area contributed by atoms with Gasteiger partial charge in [-0.15, -0.1) is 0 Å². The van der Waals surface area contributed by atoms with Gasteiger partial charge in [0.05, 0.1) is 11.5 Å². The van der Waals surface area contributed by atoms with E-state index in [1.54, 1.807) is 42.5 Å². The summed E-state index contributed by atoms with van der Waals surface area (Å²) in [5.41, 5.74) is 9.25. The highest BCUT2D eigenvalue weighted by molar-refractivity contribution is 6.30. The van der Waals surface area contributed by atoms with E-state index in [0.717, 1.165) is 11.1 Å². The molecule has 0 fully saturated rings. The van der Waals surface area contributed by atoms with Gasteiger partial charge in [0.25, 0.3) is 0 Å². The Balaban J connectivity index is 1.41. The highest BCUT2D eigenvalue weighted by Crippen LogP contribution is 2.44. The van der Waals surface area contributed by atoms with Crippen LogP contribution >= 0.6 is 23.2 Å². The number of halogens is 2. The van der Waals surface area contributed by atoms with E-state index in [-0.39, 0.29) is 17.2 Å². The van der Waals surface area contributed by atoms with Gasteiger partial charge in [0.15, 0.2) is 0 Å². The average Bonchev–Trinajstić information content (AvgIpc) is 2.92. The number of ether oxygens (including phenoxy) is 3. The van der Waals surface area contributed by atoms with Crippen LogP contribution in [0.3, 0.4) is 0 Å². The molecule has 38 heavy (non-hydrogen) atoms. The van der Waals surface area contributed by atoms with Crippen molar-refractivity contribution in [2.45, 2.75) is 12.5 Å². The Morgan fingerprint density at radius 2 is 1.63 bits per heavy atom. The second kappa shape index (κ2) is 10.9. The number of carbonyl (C=O) groups excluding carboxylic acids is 1. The van der Waals surface area contributed by atoms with Crippen LogP contribution in [0.5, 0.6) is 17.2 Å². The fourth-order valence-electron chi connectivity index (χ4n) is 4.13. The lowest BCUT2D eigenvalue weighted by molar-refractivity contribution is 0.0734. The van der Waals surface area contributed by atoms with Crippen LogP contribution in [0.4, 0.5) is 0 Å². The van der Waals surface area contributed by atoms with Crippen molar-refractivity contribution in [1.29, 1.82) is 5.26 Å². The Morgan fingerprint density at radius 1 is 0.921 bits per heavy atom. The molecule has 8 heteroatoms. The molecule has 6 nitrogen and oxygen atoms in total. The van der Waals surface area contributed by atoms with E-state index in [1.807, 2.05) is 48.5 Å². The van der Waals surface area contributed by atoms with Crippen LogP contribution in [0, 0.1) is 11.3 Å². The summed E-state index contributed by atoms with van der Waals surface area (Å²) in [5.74, 6) is 0.245. The number of nitrogens with zero attached hydrogens (tertiary/aromatic N) is 1. The molecule has 4 aromatic rings. The minimum atomic E-state index is -0.541. The highest BCUT2D eigenvalue weighted by Gasteiger charge is 2.31. The second-order valence-corrected chi connectivity index (χ2v) is 9.38. The first-order valence-electron chi connectivity index (χ1n) is 11.6. The van der Waals surface area contributed by atoms with E-state index in [4.69, 9.17) is 43.1 Å². The third-order valence-corrected chi connectivity index (χ3v) is 6.50. The lowest BCUT2D eigenvalue weighted by Gasteiger charge is -2.27. The van der Waals surface area contributed by atoms with E-state index in [9.17, 15) is 10.1 Å². The predicted octanol–water partition coefficient (Wildman–Crippen LogP) is 7.01. The monoisotopic (exact) mass is 542 g/mol. The zero-order valence-electron chi connectivity index (χ0n) is 19.9. The van der Waals surface area contributed by atoms with Gasteiger partial charge < -0.3 is 19.9 Å². The van der Waals surface area contributed by atoms with Crippen molar-refractivity contribution in [3.8, 4) is 23.3 Å². The van der Waals surface area contributed by atoms with Crippen LogP contribution in [0.1, 0.15) is 33.0 Å². The van der Waals surface area contributed by atoms with Crippen molar-refractivity contribution in [3.63, 3.8) is 0 Å². The van der Waals surface area contributed by atoms with Gasteiger partial charge in [-0.05, 0) is 65.7 Å². The van der Waals surface area contributed by atoms with E-state index < -0.39 is 11.9 Å². The molecular formula is C30H20Cl2N2O4. The number of hydrogen-bond donors (Lipinski definition) is 1. The summed E-state index contributed by atoms with van der Waals surface area (Å²) in [7, 11) is 0. The molecule has 2 N–H and O–H groups in total. The Hall–Kier alpha value is -4.44. The Kier molecular flexibility index (Phi) is 7.23. The van der Waals surface area contributed by atoms with Gasteiger partial charge >= 0.3 is 5.97 Å². The Labute approximate surface area is 229 Å². The number of carbonyl (C=O) groups is 1. The van der Waals surface area contributed by atoms with E-state index in [0.29, 0.717) is 39.3 Å². The number of fused-ring (bicyclic) bond motifs is 1. The minimum absolute atomic E-state index is 0.0151. The zero-order chi connectivity index (χ0) is 26.6. The number of esters is 1. The molecule has 4 aromatic carbocycles. The largest absolute Gasteiger partial charge is 0.489 e. The molecule has 0 amide bonds. The smallest absolute Gasteiger partial charge is 0.343 e. The summed E-state index contributed by atoms with van der Waals surface area (Å²) in [4.78, 5) is 12.6. The molecular weight excluding hydrogens is 523 g/mol. The molecule has 0 spiro atoms. The zero-order valence-corrected chi connectivity index (χ0v) is 21.4. The number of rotatable bonds is 6. The molecule has 0 aromatic heterocycles. The molecule has 0 saturated carbocycles. The second-order valence-electron chi connectivity index (χ2n) is 8.51. The van der Waals surface area contributed by atoms with Crippen molar-refractivity contribution < 1.29 is 19.0 Å². The van der Waals surface area contributed by atoms with E-state index in [1.165, 1.54) is 0 Å². The minimum Gasteiger partial charge on any atom is -0.489 e. The molecule has 0 radical (unpaired) electrons. The maximum atomic E-state index is 12.6. The van der Waals surface area contributed by atoms with Gasteiger partial charge in [-0.1, -0.05) is 53.5 Å². The molecule has 1 aliphatic heterocycles. The van der Waals surface area contributed by atoms with Gasteiger partial charge in [0, 0.05) is 21.7 Å². The maximum Gasteiger partial charge on any atom is 0.343 e. The van der Waals surface area contributed by atoms with Gasteiger partial charge in [0.1, 0.15) is 35.5 Å². The number of hydrogen-bond acceptors (Lipinski definition) is 6. The highest BCUT2D eigenvalue weighted by atomic mass is 35.5. The van der Waals surface area contributed by atoms with Crippen molar-refractivity contribution in [2.75, 3.05) is 0 Å². The van der Waals surface area contributed by atoms with Gasteiger partial charge in [-0.3, -0.25) is 0 Å². The Bertz CT molecular complexity index is 1580. The third kappa shape index (κ3) is 5.45. The maximum absolute atomic E-state index is 12.6. The fourth-order valence-corrected chi connectivity index (χ4v) is 4.38. The van der Waals surface area contributed by atoms with Crippen LogP contribution in [-0.4, -0.2) is 5.97 Å². The molecule has 0 saturated heterocycles. The van der Waals surface area contributed by atoms with Crippen LogP contribution in [-0.2, 0) is 6.61 Å². The lowest BCUT2D eigenvalue weighted by atomic mass is 9.83. The van der Waals surface area contributed by atoms with Crippen molar-refractivity contribution in [1.82, 2.24) is 0 Å². The molecule has 1 heterocycles. The molecule has 5 rings (SSSR count). The average molecular weight is 543 g/mol. The van der Waals surface area contributed by atoms with E-state index >= 15 is 0 Å². The molecule has 1 unspecified atom stereocenters. The normalized spacial score (nSPS) is 14.2. The van der Waals surface area contributed by atoms with Crippen molar-refractivity contribution in [2.24, 2.45) is 5.73 Å². The summed E-state index contributed by atoms with van der Waals surface area (Å²) < 4.78 is 17.3. The van der Waals surface area contributed by atoms with Crippen LogP contribution in [0.25, 0.3) is 0 Å². The number of benzene rings is 4. The summed E-state index contributed by atoms with van der Waals surface area (Å²) in [6.45, 7) is 0.358. The van der Waals surface area contributed by atoms with Gasteiger partial charge in [-0.25, -0.2) is 4.79 Å².